The molecule has 0 saturated carbocycles. The Bertz CT molecular complexity index is 601. The molecule has 0 aliphatic rings. The van der Waals surface area contributed by atoms with Gasteiger partial charge in [-0.25, -0.2) is 4.98 Å². The van der Waals surface area contributed by atoms with Gasteiger partial charge in [0.15, 0.2) is 5.82 Å². The van der Waals surface area contributed by atoms with E-state index in [9.17, 15) is 4.79 Å². The molecule has 0 aliphatic heterocycles. The molecule has 19 heavy (non-hydrogen) atoms. The van der Waals surface area contributed by atoms with Crippen LogP contribution in [-0.2, 0) is 6.54 Å². The Morgan fingerprint density at radius 1 is 1.47 bits per heavy atom. The number of hydrogen-bond acceptors (Lipinski definition) is 4. The summed E-state index contributed by atoms with van der Waals surface area (Å²) < 4.78 is 7.20. The fraction of sp³-hybridized carbons (Fsp3) is 0.429. The van der Waals surface area contributed by atoms with Gasteiger partial charge in [-0.3, -0.25) is 4.79 Å². The van der Waals surface area contributed by atoms with Crippen molar-refractivity contribution in [1.29, 1.82) is 0 Å². The molecule has 2 rings (SSSR count). The summed E-state index contributed by atoms with van der Waals surface area (Å²) in [7, 11) is 0. The number of rotatable bonds is 5. The van der Waals surface area contributed by atoms with Gasteiger partial charge in [0.05, 0.1) is 6.04 Å². The van der Waals surface area contributed by atoms with Gasteiger partial charge in [0.1, 0.15) is 11.5 Å². The van der Waals surface area contributed by atoms with Crippen LogP contribution < -0.4 is 10.9 Å². The van der Waals surface area contributed by atoms with Crippen molar-refractivity contribution >= 4 is 5.82 Å². The number of nitrogens with zero attached hydrogens (tertiary/aromatic N) is 2. The van der Waals surface area contributed by atoms with Crippen LogP contribution in [0.5, 0.6) is 0 Å². The molecule has 0 amide bonds. The fourth-order valence-corrected chi connectivity index (χ4v) is 1.93. The second-order valence-electron chi connectivity index (χ2n) is 4.59. The fourth-order valence-electron chi connectivity index (χ4n) is 1.93. The van der Waals surface area contributed by atoms with Crippen LogP contribution in [0.4, 0.5) is 5.82 Å². The molecule has 5 nitrogen and oxygen atoms in total. The third-order valence-corrected chi connectivity index (χ3v) is 2.92. The van der Waals surface area contributed by atoms with Crippen LogP contribution in [0.1, 0.15) is 37.8 Å². The molecule has 1 N–H and O–H groups in total. The first-order chi connectivity index (χ1) is 9.11. The van der Waals surface area contributed by atoms with E-state index in [4.69, 9.17) is 4.42 Å². The zero-order chi connectivity index (χ0) is 13.8. The summed E-state index contributed by atoms with van der Waals surface area (Å²) in [5, 5.41) is 3.10. The van der Waals surface area contributed by atoms with Crippen molar-refractivity contribution in [2.45, 2.75) is 39.8 Å². The molecule has 2 heterocycles. The molecule has 0 bridgehead atoms. The smallest absolute Gasteiger partial charge is 0.293 e. The molecule has 0 radical (unpaired) electrons. The summed E-state index contributed by atoms with van der Waals surface area (Å²) in [6.07, 6.45) is 4.26. The quantitative estimate of drug-likeness (QED) is 0.899. The van der Waals surface area contributed by atoms with Gasteiger partial charge in [-0.2, -0.15) is 0 Å². The van der Waals surface area contributed by atoms with Gasteiger partial charge < -0.3 is 14.3 Å². The predicted octanol–water partition coefficient (Wildman–Crippen LogP) is 2.73. The van der Waals surface area contributed by atoms with Gasteiger partial charge in [-0.05, 0) is 32.4 Å². The van der Waals surface area contributed by atoms with Crippen LogP contribution in [0.2, 0.25) is 0 Å². The molecular formula is C14H19N3O2. The lowest BCUT2D eigenvalue weighted by atomic mass is 10.2. The van der Waals surface area contributed by atoms with Gasteiger partial charge in [-0.15, -0.1) is 0 Å². The van der Waals surface area contributed by atoms with E-state index in [1.807, 2.05) is 32.9 Å². The Hall–Kier alpha value is -2.04. The van der Waals surface area contributed by atoms with Crippen molar-refractivity contribution in [3.8, 4) is 0 Å². The molecule has 0 aliphatic carbocycles. The number of aromatic nitrogens is 2. The maximum Gasteiger partial charge on any atom is 0.293 e. The number of nitrogens with one attached hydrogen (secondary N) is 1. The summed E-state index contributed by atoms with van der Waals surface area (Å²) in [4.78, 5) is 16.2. The van der Waals surface area contributed by atoms with E-state index in [0.29, 0.717) is 12.4 Å². The second-order valence-corrected chi connectivity index (χ2v) is 4.59. The van der Waals surface area contributed by atoms with E-state index in [0.717, 1.165) is 17.9 Å². The third kappa shape index (κ3) is 3.05. The first-order valence-electron chi connectivity index (χ1n) is 6.50. The highest BCUT2D eigenvalue weighted by Gasteiger charge is 2.12. The molecule has 2 aromatic rings. The predicted molar refractivity (Wildman–Crippen MR) is 74.3 cm³/mol. The molecule has 1 atom stereocenters. The Morgan fingerprint density at radius 3 is 2.89 bits per heavy atom. The summed E-state index contributed by atoms with van der Waals surface area (Å²) in [5.74, 6) is 2.01. The largest absolute Gasteiger partial charge is 0.464 e. The lowest BCUT2D eigenvalue weighted by Crippen LogP contribution is -2.25. The summed E-state index contributed by atoms with van der Waals surface area (Å²) in [6, 6.07) is 3.72. The topological polar surface area (TPSA) is 60.1 Å². The van der Waals surface area contributed by atoms with Crippen LogP contribution in [0.25, 0.3) is 0 Å². The Morgan fingerprint density at radius 2 is 2.26 bits per heavy atom. The second kappa shape index (κ2) is 5.73. The van der Waals surface area contributed by atoms with Crippen LogP contribution in [-0.4, -0.2) is 9.55 Å². The number of hydrogen-bond donors (Lipinski definition) is 1. The van der Waals surface area contributed by atoms with Gasteiger partial charge in [0.25, 0.3) is 5.56 Å². The summed E-state index contributed by atoms with van der Waals surface area (Å²) in [6.45, 7) is 6.57. The van der Waals surface area contributed by atoms with E-state index in [1.54, 1.807) is 17.0 Å². The van der Waals surface area contributed by atoms with Crippen molar-refractivity contribution in [3.63, 3.8) is 0 Å². The van der Waals surface area contributed by atoms with Gasteiger partial charge >= 0.3 is 0 Å². The number of furan rings is 1. The standard InChI is InChI=1S/C14H19N3O2/c1-4-8-17-9-7-15-13(14(17)18)16-11(3)12-6-5-10(2)19-12/h5-7,9,11H,4,8H2,1-3H3,(H,15,16). The third-order valence-electron chi connectivity index (χ3n) is 2.92. The Balaban J connectivity index is 2.19. The lowest BCUT2D eigenvalue weighted by Gasteiger charge is -2.12. The van der Waals surface area contributed by atoms with Crippen LogP contribution >= 0.6 is 0 Å². The van der Waals surface area contributed by atoms with E-state index in [2.05, 4.69) is 10.3 Å². The van der Waals surface area contributed by atoms with E-state index >= 15 is 0 Å². The maximum atomic E-state index is 12.1. The first kappa shape index (κ1) is 13.4. The first-order valence-corrected chi connectivity index (χ1v) is 6.50. The van der Waals surface area contributed by atoms with Crippen molar-refractivity contribution in [2.75, 3.05) is 5.32 Å². The Kier molecular flexibility index (Phi) is 4.04. The van der Waals surface area contributed by atoms with Gasteiger partial charge in [0, 0.05) is 18.9 Å². The normalized spacial score (nSPS) is 12.4. The molecule has 0 aromatic carbocycles. The van der Waals surface area contributed by atoms with E-state index in [1.165, 1.54) is 0 Å². The van der Waals surface area contributed by atoms with E-state index in [-0.39, 0.29) is 11.6 Å². The molecule has 0 spiro atoms. The highest BCUT2D eigenvalue weighted by molar-refractivity contribution is 5.34. The molecule has 0 saturated heterocycles. The highest BCUT2D eigenvalue weighted by Crippen LogP contribution is 2.18. The minimum atomic E-state index is -0.0977. The van der Waals surface area contributed by atoms with Crippen LogP contribution in [0.3, 0.4) is 0 Å². The Labute approximate surface area is 112 Å². The zero-order valence-electron chi connectivity index (χ0n) is 11.5. The molecule has 0 fully saturated rings. The average Bonchev–Trinajstić information content (AvgIpc) is 2.81. The van der Waals surface area contributed by atoms with E-state index < -0.39 is 0 Å². The molecule has 1 unspecified atom stereocenters. The van der Waals surface area contributed by atoms with Gasteiger partial charge in [0.2, 0.25) is 0 Å². The van der Waals surface area contributed by atoms with Crippen molar-refractivity contribution in [3.05, 3.63) is 46.4 Å². The maximum absolute atomic E-state index is 12.1. The van der Waals surface area contributed by atoms with Crippen LogP contribution in [0.15, 0.2) is 33.7 Å². The summed E-state index contributed by atoms with van der Waals surface area (Å²) >= 11 is 0. The number of aryl methyl sites for hydroxylation is 2. The number of anilines is 1. The molecule has 2 aromatic heterocycles. The van der Waals surface area contributed by atoms with Crippen LogP contribution in [0, 0.1) is 6.92 Å². The van der Waals surface area contributed by atoms with Crippen molar-refractivity contribution in [1.82, 2.24) is 9.55 Å². The van der Waals surface area contributed by atoms with Crippen molar-refractivity contribution < 1.29 is 4.42 Å². The zero-order valence-corrected chi connectivity index (χ0v) is 11.5. The SMILES string of the molecule is CCCn1ccnc(NC(C)c2ccc(C)o2)c1=O. The lowest BCUT2D eigenvalue weighted by molar-refractivity contribution is 0.466. The molecule has 102 valence electrons. The average molecular weight is 261 g/mol. The summed E-state index contributed by atoms with van der Waals surface area (Å²) in [5.41, 5.74) is -0.0977. The van der Waals surface area contributed by atoms with Crippen molar-refractivity contribution in [2.24, 2.45) is 0 Å². The monoisotopic (exact) mass is 261 g/mol. The highest BCUT2D eigenvalue weighted by atomic mass is 16.3. The minimum Gasteiger partial charge on any atom is -0.464 e. The minimum absolute atomic E-state index is 0.0913. The molecular weight excluding hydrogens is 242 g/mol. The molecule has 5 heteroatoms. The van der Waals surface area contributed by atoms with Gasteiger partial charge in [-0.1, -0.05) is 6.92 Å².